The van der Waals surface area contributed by atoms with Gasteiger partial charge in [-0.1, -0.05) is 18.2 Å². The predicted octanol–water partition coefficient (Wildman–Crippen LogP) is 1.77. The number of nitrogens with zero attached hydrogens (tertiary/aromatic N) is 2. The van der Waals surface area contributed by atoms with Gasteiger partial charge in [0.25, 0.3) is 5.91 Å². The van der Waals surface area contributed by atoms with Crippen molar-refractivity contribution in [3.8, 4) is 23.0 Å². The summed E-state index contributed by atoms with van der Waals surface area (Å²) in [5, 5.41) is 2.70. The highest BCUT2D eigenvalue weighted by Gasteiger charge is 2.50. The van der Waals surface area contributed by atoms with Crippen LogP contribution in [0, 0.1) is 0 Å². The van der Waals surface area contributed by atoms with Gasteiger partial charge in [-0.05, 0) is 36.8 Å². The lowest BCUT2D eigenvalue weighted by Crippen LogP contribution is -2.47. The molecule has 2 unspecified atom stereocenters. The molecule has 0 saturated carbocycles. The van der Waals surface area contributed by atoms with Crippen LogP contribution < -0.4 is 24.3 Å². The number of urea groups is 1. The molecule has 34 heavy (non-hydrogen) atoms. The summed E-state index contributed by atoms with van der Waals surface area (Å²) in [7, 11) is 4.59. The molecule has 2 aromatic carbocycles. The zero-order valence-corrected chi connectivity index (χ0v) is 19.5. The van der Waals surface area contributed by atoms with Gasteiger partial charge in [-0.25, -0.2) is 4.79 Å². The van der Waals surface area contributed by atoms with Gasteiger partial charge in [0.2, 0.25) is 5.91 Å². The van der Waals surface area contributed by atoms with E-state index in [2.05, 4.69) is 5.32 Å². The average Bonchev–Trinajstić information content (AvgIpc) is 3.07. The van der Waals surface area contributed by atoms with E-state index in [1.54, 1.807) is 38.2 Å². The summed E-state index contributed by atoms with van der Waals surface area (Å²) in [6.07, 6.45) is -0.371. The van der Waals surface area contributed by atoms with Gasteiger partial charge in [0, 0.05) is 7.05 Å². The molecule has 1 saturated heterocycles. The third kappa shape index (κ3) is 4.18. The lowest BCUT2D eigenvalue weighted by atomic mass is 9.91. The fourth-order valence-electron chi connectivity index (χ4n) is 4.00. The Hall–Kier alpha value is -3.95. The molecule has 10 nitrogen and oxygen atoms in total. The number of fused-ring (bicyclic) bond motifs is 1. The SMILES string of the molecule is COc1ccc(C2(C)NC(=O)N(CC(=O)N(C)CC3COc4ccccc4O3)C2=O)cc1OC. The molecule has 10 heteroatoms. The van der Waals surface area contributed by atoms with Gasteiger partial charge < -0.3 is 29.2 Å². The van der Waals surface area contributed by atoms with Crippen molar-refractivity contribution in [2.45, 2.75) is 18.6 Å². The summed E-state index contributed by atoms with van der Waals surface area (Å²) in [5.41, 5.74) is -0.835. The van der Waals surface area contributed by atoms with Crippen LogP contribution in [0.4, 0.5) is 4.79 Å². The minimum Gasteiger partial charge on any atom is -0.493 e. The zero-order valence-electron chi connectivity index (χ0n) is 19.5. The number of rotatable bonds is 7. The summed E-state index contributed by atoms with van der Waals surface area (Å²) in [4.78, 5) is 41.1. The molecular weight excluding hydrogens is 442 g/mol. The second-order valence-electron chi connectivity index (χ2n) is 8.29. The Morgan fingerprint density at radius 3 is 2.56 bits per heavy atom. The number of benzene rings is 2. The van der Waals surface area contributed by atoms with Crippen molar-refractivity contribution in [1.29, 1.82) is 0 Å². The fraction of sp³-hybridized carbons (Fsp3) is 0.375. The zero-order chi connectivity index (χ0) is 24.5. The predicted molar refractivity (Wildman–Crippen MR) is 121 cm³/mol. The van der Waals surface area contributed by atoms with Crippen molar-refractivity contribution in [3.63, 3.8) is 0 Å². The molecule has 0 bridgehead atoms. The third-order valence-electron chi connectivity index (χ3n) is 6.00. The number of methoxy groups -OCH3 is 2. The van der Waals surface area contributed by atoms with Crippen LogP contribution in [0.5, 0.6) is 23.0 Å². The maximum absolute atomic E-state index is 13.2. The standard InChI is InChI=1S/C24H27N3O7/c1-24(15-9-10-17(31-3)20(11-15)32-4)22(29)27(23(30)25-24)13-21(28)26(2)12-16-14-33-18-7-5-6-8-19(18)34-16/h5-11,16H,12-14H2,1-4H3,(H,25,30). The number of imide groups is 1. The monoisotopic (exact) mass is 469 g/mol. The number of ether oxygens (including phenoxy) is 4. The van der Waals surface area contributed by atoms with Crippen LogP contribution in [-0.4, -0.2) is 74.7 Å². The van der Waals surface area contributed by atoms with E-state index in [0.717, 1.165) is 4.90 Å². The minimum atomic E-state index is -1.35. The molecule has 2 aliphatic rings. The molecule has 2 aromatic rings. The smallest absolute Gasteiger partial charge is 0.325 e. The largest absolute Gasteiger partial charge is 0.493 e. The first kappa shape index (κ1) is 23.2. The summed E-state index contributed by atoms with van der Waals surface area (Å²) >= 11 is 0. The number of likely N-dealkylation sites (N-methyl/N-ethyl adjacent to an activating group) is 1. The van der Waals surface area contributed by atoms with Crippen molar-refractivity contribution in [2.75, 3.05) is 41.0 Å². The topological polar surface area (TPSA) is 107 Å². The van der Waals surface area contributed by atoms with Crippen LogP contribution in [0.2, 0.25) is 0 Å². The molecule has 4 rings (SSSR count). The molecule has 0 spiro atoms. The van der Waals surface area contributed by atoms with E-state index >= 15 is 0 Å². The number of hydrogen-bond acceptors (Lipinski definition) is 7. The van der Waals surface area contributed by atoms with E-state index < -0.39 is 29.9 Å². The molecular formula is C24H27N3O7. The lowest BCUT2D eigenvalue weighted by molar-refractivity contribution is -0.138. The average molecular weight is 469 g/mol. The third-order valence-corrected chi connectivity index (χ3v) is 6.00. The van der Waals surface area contributed by atoms with E-state index in [9.17, 15) is 14.4 Å². The molecule has 180 valence electrons. The van der Waals surface area contributed by atoms with E-state index in [0.29, 0.717) is 28.6 Å². The number of para-hydroxylation sites is 2. The Morgan fingerprint density at radius 1 is 1.15 bits per heavy atom. The van der Waals surface area contributed by atoms with Gasteiger partial charge in [0.05, 0.1) is 20.8 Å². The Labute approximate surface area is 197 Å². The van der Waals surface area contributed by atoms with E-state index in [1.807, 2.05) is 18.2 Å². The van der Waals surface area contributed by atoms with Crippen molar-refractivity contribution >= 4 is 17.8 Å². The summed E-state index contributed by atoms with van der Waals surface area (Å²) in [6, 6.07) is 11.6. The number of carbonyl (C=O) groups is 3. The maximum atomic E-state index is 13.2. The quantitative estimate of drug-likeness (QED) is 0.616. The highest BCUT2D eigenvalue weighted by molar-refractivity contribution is 6.09. The Morgan fingerprint density at radius 2 is 1.85 bits per heavy atom. The number of nitrogens with one attached hydrogen (secondary N) is 1. The summed E-state index contributed by atoms with van der Waals surface area (Å²) < 4.78 is 22.1. The van der Waals surface area contributed by atoms with Crippen LogP contribution in [0.3, 0.4) is 0 Å². The second-order valence-corrected chi connectivity index (χ2v) is 8.29. The van der Waals surface area contributed by atoms with Gasteiger partial charge in [-0.15, -0.1) is 0 Å². The first-order chi connectivity index (χ1) is 16.3. The van der Waals surface area contributed by atoms with Gasteiger partial charge in [0.1, 0.15) is 18.7 Å². The van der Waals surface area contributed by atoms with Crippen LogP contribution in [0.15, 0.2) is 42.5 Å². The molecule has 2 aliphatic heterocycles. The number of amides is 4. The molecule has 0 radical (unpaired) electrons. The van der Waals surface area contributed by atoms with E-state index in [-0.39, 0.29) is 19.3 Å². The fourth-order valence-corrected chi connectivity index (χ4v) is 4.00. The second kappa shape index (κ2) is 9.12. The lowest BCUT2D eigenvalue weighted by Gasteiger charge is -2.30. The van der Waals surface area contributed by atoms with Crippen molar-refractivity contribution in [1.82, 2.24) is 15.1 Å². The molecule has 0 aromatic heterocycles. The Kier molecular flexibility index (Phi) is 6.23. The van der Waals surface area contributed by atoms with E-state index in [4.69, 9.17) is 18.9 Å². The van der Waals surface area contributed by atoms with Crippen LogP contribution in [0.1, 0.15) is 12.5 Å². The molecule has 2 atom stereocenters. The molecule has 0 aliphatic carbocycles. The summed E-state index contributed by atoms with van der Waals surface area (Å²) in [5.74, 6) is 1.26. The Bertz CT molecular complexity index is 1120. The highest BCUT2D eigenvalue weighted by Crippen LogP contribution is 2.35. The first-order valence-corrected chi connectivity index (χ1v) is 10.8. The minimum absolute atomic E-state index is 0.240. The molecule has 2 heterocycles. The van der Waals surface area contributed by atoms with Crippen LogP contribution in [-0.2, 0) is 15.1 Å². The summed E-state index contributed by atoms with van der Waals surface area (Å²) in [6.45, 7) is 1.72. The number of carbonyl (C=O) groups excluding carboxylic acids is 3. The van der Waals surface area contributed by atoms with Gasteiger partial charge in [-0.2, -0.15) is 0 Å². The van der Waals surface area contributed by atoms with Crippen molar-refractivity contribution < 1.29 is 33.3 Å². The van der Waals surface area contributed by atoms with Gasteiger partial charge >= 0.3 is 6.03 Å². The van der Waals surface area contributed by atoms with Crippen LogP contribution >= 0.6 is 0 Å². The van der Waals surface area contributed by atoms with Crippen LogP contribution in [0.25, 0.3) is 0 Å². The highest BCUT2D eigenvalue weighted by atomic mass is 16.6. The van der Waals surface area contributed by atoms with Gasteiger partial charge in [0.15, 0.2) is 29.1 Å². The molecule has 4 amide bonds. The number of hydrogen-bond donors (Lipinski definition) is 1. The van der Waals surface area contributed by atoms with Crippen molar-refractivity contribution in [2.24, 2.45) is 0 Å². The molecule has 1 fully saturated rings. The van der Waals surface area contributed by atoms with Crippen molar-refractivity contribution in [3.05, 3.63) is 48.0 Å². The maximum Gasteiger partial charge on any atom is 0.325 e. The first-order valence-electron chi connectivity index (χ1n) is 10.8. The normalized spacial score (nSPS) is 21.2. The van der Waals surface area contributed by atoms with Gasteiger partial charge in [-0.3, -0.25) is 14.5 Å². The molecule has 1 N–H and O–H groups in total. The van der Waals surface area contributed by atoms with E-state index in [1.165, 1.54) is 19.1 Å². The Balaban J connectivity index is 1.42.